The van der Waals surface area contributed by atoms with Crippen molar-refractivity contribution in [2.24, 2.45) is 17.3 Å². The molecule has 0 heterocycles. The molecule has 1 aliphatic rings. The van der Waals surface area contributed by atoms with Gasteiger partial charge in [-0.2, -0.15) is 0 Å². The van der Waals surface area contributed by atoms with E-state index in [1.807, 2.05) is 0 Å². The average Bonchev–Trinajstić information content (AvgIpc) is 2.16. The molecule has 0 radical (unpaired) electrons. The predicted octanol–water partition coefficient (Wildman–Crippen LogP) is 4.39. The summed E-state index contributed by atoms with van der Waals surface area (Å²) in [6, 6.07) is 0. The Balaban J connectivity index is 2.43. The molecule has 1 fully saturated rings. The standard InChI is InChI=1S/C15H30O/c1-5-7-13(16)9-10-14-12(2)8-6-11-15(14,3)4/h12-14,16H,5-11H2,1-4H3/t12-,13+,14+/m1/s1. The first-order chi connectivity index (χ1) is 7.47. The van der Waals surface area contributed by atoms with Gasteiger partial charge in [-0.05, 0) is 42.9 Å². The smallest absolute Gasteiger partial charge is 0.0540 e. The molecule has 0 spiro atoms. The Morgan fingerprint density at radius 2 is 2.00 bits per heavy atom. The first-order valence-corrected chi connectivity index (χ1v) is 7.15. The lowest BCUT2D eigenvalue weighted by Crippen LogP contribution is -2.34. The number of aliphatic hydroxyl groups is 1. The molecule has 1 N–H and O–H groups in total. The quantitative estimate of drug-likeness (QED) is 0.737. The summed E-state index contributed by atoms with van der Waals surface area (Å²) < 4.78 is 0. The summed E-state index contributed by atoms with van der Waals surface area (Å²) >= 11 is 0. The first-order valence-electron chi connectivity index (χ1n) is 7.15. The molecule has 0 bridgehead atoms. The van der Waals surface area contributed by atoms with Crippen molar-refractivity contribution in [1.29, 1.82) is 0 Å². The van der Waals surface area contributed by atoms with Crippen LogP contribution in [0.25, 0.3) is 0 Å². The fourth-order valence-corrected chi connectivity index (χ4v) is 3.56. The third-order valence-electron chi connectivity index (χ3n) is 4.60. The molecule has 0 aliphatic heterocycles. The Hall–Kier alpha value is -0.0400. The molecule has 1 aliphatic carbocycles. The van der Waals surface area contributed by atoms with Crippen LogP contribution in [0.4, 0.5) is 0 Å². The predicted molar refractivity (Wildman–Crippen MR) is 70.4 cm³/mol. The highest BCUT2D eigenvalue weighted by Crippen LogP contribution is 2.46. The minimum Gasteiger partial charge on any atom is -0.393 e. The minimum atomic E-state index is -0.0603. The molecule has 3 atom stereocenters. The van der Waals surface area contributed by atoms with Crippen molar-refractivity contribution in [3.05, 3.63) is 0 Å². The summed E-state index contributed by atoms with van der Waals surface area (Å²) in [5.74, 6) is 1.66. The van der Waals surface area contributed by atoms with Crippen LogP contribution in [0.15, 0.2) is 0 Å². The topological polar surface area (TPSA) is 20.2 Å². The Morgan fingerprint density at radius 3 is 2.56 bits per heavy atom. The summed E-state index contributed by atoms with van der Waals surface area (Å²) in [6.07, 6.45) is 8.38. The molecule has 1 saturated carbocycles. The summed E-state index contributed by atoms with van der Waals surface area (Å²) in [5.41, 5.74) is 0.490. The normalized spacial score (nSPS) is 31.3. The molecular weight excluding hydrogens is 196 g/mol. The SMILES string of the molecule is CCC[C@H](O)CC[C@H]1[C@H](C)CCCC1(C)C. The maximum Gasteiger partial charge on any atom is 0.0540 e. The van der Waals surface area contributed by atoms with E-state index in [9.17, 15) is 5.11 Å². The largest absolute Gasteiger partial charge is 0.393 e. The fraction of sp³-hybridized carbons (Fsp3) is 1.00. The zero-order valence-corrected chi connectivity index (χ0v) is 11.6. The summed E-state index contributed by atoms with van der Waals surface area (Å²) in [4.78, 5) is 0. The van der Waals surface area contributed by atoms with E-state index < -0.39 is 0 Å². The van der Waals surface area contributed by atoms with Gasteiger partial charge in [0.25, 0.3) is 0 Å². The average molecular weight is 226 g/mol. The molecule has 0 aromatic carbocycles. The van der Waals surface area contributed by atoms with Crippen LogP contribution in [0.3, 0.4) is 0 Å². The van der Waals surface area contributed by atoms with Crippen molar-refractivity contribution >= 4 is 0 Å². The lowest BCUT2D eigenvalue weighted by Gasteiger charge is -2.43. The molecule has 16 heavy (non-hydrogen) atoms. The van der Waals surface area contributed by atoms with Gasteiger partial charge >= 0.3 is 0 Å². The van der Waals surface area contributed by atoms with Crippen LogP contribution in [0.5, 0.6) is 0 Å². The Labute approximate surface area is 102 Å². The summed E-state index contributed by atoms with van der Waals surface area (Å²) in [6.45, 7) is 9.38. The number of hydrogen-bond donors (Lipinski definition) is 1. The molecule has 96 valence electrons. The van der Waals surface area contributed by atoms with E-state index in [0.717, 1.165) is 31.1 Å². The first kappa shape index (κ1) is 14.0. The van der Waals surface area contributed by atoms with E-state index in [1.54, 1.807) is 0 Å². The van der Waals surface area contributed by atoms with Crippen LogP contribution >= 0.6 is 0 Å². The van der Waals surface area contributed by atoms with E-state index in [1.165, 1.54) is 25.7 Å². The van der Waals surface area contributed by atoms with Crippen molar-refractivity contribution in [3.8, 4) is 0 Å². The number of rotatable bonds is 5. The van der Waals surface area contributed by atoms with Gasteiger partial charge in [-0.15, -0.1) is 0 Å². The van der Waals surface area contributed by atoms with E-state index in [4.69, 9.17) is 0 Å². The monoisotopic (exact) mass is 226 g/mol. The second kappa shape index (κ2) is 6.05. The van der Waals surface area contributed by atoms with Crippen molar-refractivity contribution in [2.45, 2.75) is 78.7 Å². The van der Waals surface area contributed by atoms with Crippen molar-refractivity contribution in [1.82, 2.24) is 0 Å². The van der Waals surface area contributed by atoms with Crippen LogP contribution in [0, 0.1) is 17.3 Å². The molecule has 0 unspecified atom stereocenters. The van der Waals surface area contributed by atoms with Gasteiger partial charge in [0.1, 0.15) is 0 Å². The second-order valence-corrected chi connectivity index (χ2v) is 6.48. The van der Waals surface area contributed by atoms with Crippen LogP contribution in [-0.2, 0) is 0 Å². The van der Waals surface area contributed by atoms with Gasteiger partial charge in [0, 0.05) is 0 Å². The van der Waals surface area contributed by atoms with E-state index in [2.05, 4.69) is 27.7 Å². The molecule has 1 nitrogen and oxygen atoms in total. The van der Waals surface area contributed by atoms with Gasteiger partial charge in [0.2, 0.25) is 0 Å². The van der Waals surface area contributed by atoms with E-state index >= 15 is 0 Å². The molecule has 1 rings (SSSR count). The lowest BCUT2D eigenvalue weighted by atomic mass is 9.62. The fourth-order valence-electron chi connectivity index (χ4n) is 3.56. The van der Waals surface area contributed by atoms with Crippen molar-refractivity contribution in [3.63, 3.8) is 0 Å². The maximum absolute atomic E-state index is 9.84. The molecule has 0 amide bonds. The molecule has 0 aromatic heterocycles. The van der Waals surface area contributed by atoms with Gasteiger partial charge in [-0.3, -0.25) is 0 Å². The Kier molecular flexibility index (Phi) is 5.30. The minimum absolute atomic E-state index is 0.0603. The van der Waals surface area contributed by atoms with Crippen LogP contribution in [-0.4, -0.2) is 11.2 Å². The molecule has 0 saturated heterocycles. The molecule has 0 aromatic rings. The van der Waals surface area contributed by atoms with Gasteiger partial charge in [0.15, 0.2) is 0 Å². The van der Waals surface area contributed by atoms with Gasteiger partial charge in [-0.1, -0.05) is 47.0 Å². The highest BCUT2D eigenvalue weighted by Gasteiger charge is 2.36. The lowest BCUT2D eigenvalue weighted by molar-refractivity contribution is 0.0560. The van der Waals surface area contributed by atoms with Gasteiger partial charge < -0.3 is 5.11 Å². The highest BCUT2D eigenvalue weighted by atomic mass is 16.3. The zero-order valence-electron chi connectivity index (χ0n) is 11.6. The number of aliphatic hydroxyl groups excluding tert-OH is 1. The van der Waals surface area contributed by atoms with Crippen LogP contribution in [0.1, 0.15) is 72.6 Å². The number of hydrogen-bond acceptors (Lipinski definition) is 1. The van der Waals surface area contributed by atoms with Crippen molar-refractivity contribution in [2.75, 3.05) is 0 Å². The van der Waals surface area contributed by atoms with Gasteiger partial charge in [0.05, 0.1) is 6.10 Å². The molecular formula is C15H30O. The van der Waals surface area contributed by atoms with E-state index in [-0.39, 0.29) is 6.10 Å². The maximum atomic E-state index is 9.84. The second-order valence-electron chi connectivity index (χ2n) is 6.48. The van der Waals surface area contributed by atoms with Crippen LogP contribution < -0.4 is 0 Å². The molecule has 1 heteroatoms. The third kappa shape index (κ3) is 3.76. The zero-order chi connectivity index (χ0) is 12.2. The third-order valence-corrected chi connectivity index (χ3v) is 4.60. The Morgan fingerprint density at radius 1 is 1.31 bits per heavy atom. The van der Waals surface area contributed by atoms with Gasteiger partial charge in [-0.25, -0.2) is 0 Å². The Bertz CT molecular complexity index is 198. The van der Waals surface area contributed by atoms with Crippen LogP contribution in [0.2, 0.25) is 0 Å². The van der Waals surface area contributed by atoms with Crippen molar-refractivity contribution < 1.29 is 5.11 Å². The highest BCUT2D eigenvalue weighted by molar-refractivity contribution is 4.86. The summed E-state index contributed by atoms with van der Waals surface area (Å²) in [7, 11) is 0. The van der Waals surface area contributed by atoms with E-state index in [0.29, 0.717) is 5.41 Å². The summed E-state index contributed by atoms with van der Waals surface area (Å²) in [5, 5.41) is 9.84.